The van der Waals surface area contributed by atoms with Gasteiger partial charge in [0.25, 0.3) is 8.32 Å². The second kappa shape index (κ2) is 8.34. The topological polar surface area (TPSA) is 38.8 Å². The van der Waals surface area contributed by atoms with Crippen LogP contribution in [0.15, 0.2) is 60.7 Å². The smallest absolute Gasteiger partial charge is 0.410 e. The van der Waals surface area contributed by atoms with Gasteiger partial charge in [-0.05, 0) is 54.9 Å². The Morgan fingerprint density at radius 3 is 1.91 bits per heavy atom. The standard InChI is InChI=1S/C27H37NO3Si/c1-26(2,3)31-25(29)28-21(17-20-18-24(20)28)19-30-32(27(4,5)6,22-13-9-7-10-14-22)23-15-11-8-12-16-23/h7-16,20-21,24H,17-19H2,1-6H3/t20?,21-,24+/m0/s1. The highest BCUT2D eigenvalue weighted by Gasteiger charge is 2.57. The van der Waals surface area contributed by atoms with Gasteiger partial charge in [0, 0.05) is 6.04 Å². The number of nitrogens with zero attached hydrogens (tertiary/aromatic N) is 1. The second-order valence-electron chi connectivity index (χ2n) is 11.3. The highest BCUT2D eigenvalue weighted by Crippen LogP contribution is 2.49. The van der Waals surface area contributed by atoms with Gasteiger partial charge >= 0.3 is 6.09 Å². The minimum absolute atomic E-state index is 0.0650. The van der Waals surface area contributed by atoms with Crippen LogP contribution in [-0.2, 0) is 9.16 Å². The first-order chi connectivity index (χ1) is 15.0. The Morgan fingerprint density at radius 1 is 0.906 bits per heavy atom. The van der Waals surface area contributed by atoms with E-state index in [1.165, 1.54) is 10.4 Å². The monoisotopic (exact) mass is 451 g/mol. The number of piperidine rings is 1. The van der Waals surface area contributed by atoms with E-state index in [-0.39, 0.29) is 17.2 Å². The van der Waals surface area contributed by atoms with Crippen LogP contribution in [0, 0.1) is 5.92 Å². The highest BCUT2D eigenvalue weighted by molar-refractivity contribution is 6.99. The van der Waals surface area contributed by atoms with Crippen molar-refractivity contribution in [3.8, 4) is 0 Å². The molecule has 0 radical (unpaired) electrons. The van der Waals surface area contributed by atoms with E-state index in [0.717, 1.165) is 12.8 Å². The van der Waals surface area contributed by atoms with Crippen molar-refractivity contribution >= 4 is 24.8 Å². The second-order valence-corrected chi connectivity index (χ2v) is 15.6. The molecule has 172 valence electrons. The normalized spacial score (nSPS) is 23.1. The van der Waals surface area contributed by atoms with Crippen LogP contribution in [0.5, 0.6) is 0 Å². The van der Waals surface area contributed by atoms with Crippen molar-refractivity contribution in [3.05, 3.63) is 60.7 Å². The molecule has 1 aliphatic carbocycles. The fourth-order valence-corrected chi connectivity index (χ4v) is 9.89. The van der Waals surface area contributed by atoms with Crippen LogP contribution in [0.25, 0.3) is 0 Å². The average molecular weight is 452 g/mol. The van der Waals surface area contributed by atoms with Crippen LogP contribution in [-0.4, -0.2) is 43.6 Å². The lowest BCUT2D eigenvalue weighted by molar-refractivity contribution is 0.0135. The summed E-state index contributed by atoms with van der Waals surface area (Å²) in [6, 6.07) is 21.8. The minimum Gasteiger partial charge on any atom is -0.444 e. The Balaban J connectivity index is 1.66. The third kappa shape index (κ3) is 4.37. The Bertz CT molecular complexity index is 893. The highest BCUT2D eigenvalue weighted by atomic mass is 28.4. The van der Waals surface area contributed by atoms with E-state index in [9.17, 15) is 4.79 Å². The molecule has 1 unspecified atom stereocenters. The summed E-state index contributed by atoms with van der Waals surface area (Å²) < 4.78 is 12.9. The Hall–Kier alpha value is -2.11. The molecule has 2 fully saturated rings. The van der Waals surface area contributed by atoms with Gasteiger partial charge in [0.05, 0.1) is 12.6 Å². The van der Waals surface area contributed by atoms with Crippen LogP contribution in [0.3, 0.4) is 0 Å². The van der Waals surface area contributed by atoms with E-state index in [1.54, 1.807) is 0 Å². The van der Waals surface area contributed by atoms with Crippen molar-refractivity contribution in [2.75, 3.05) is 6.61 Å². The van der Waals surface area contributed by atoms with Crippen LogP contribution in [0.1, 0.15) is 54.4 Å². The van der Waals surface area contributed by atoms with Crippen molar-refractivity contribution in [1.82, 2.24) is 4.90 Å². The lowest BCUT2D eigenvalue weighted by Crippen LogP contribution is -2.67. The fourth-order valence-electron chi connectivity index (χ4n) is 5.29. The van der Waals surface area contributed by atoms with Crippen LogP contribution < -0.4 is 10.4 Å². The van der Waals surface area contributed by atoms with Gasteiger partial charge in [-0.2, -0.15) is 0 Å². The Labute approximate surface area is 194 Å². The number of likely N-dealkylation sites (tertiary alicyclic amines) is 1. The first-order valence-electron chi connectivity index (χ1n) is 11.8. The lowest BCUT2D eigenvalue weighted by atomic mass is 10.2. The predicted molar refractivity (Wildman–Crippen MR) is 132 cm³/mol. The lowest BCUT2D eigenvalue weighted by Gasteiger charge is -2.44. The van der Waals surface area contributed by atoms with Crippen molar-refractivity contribution < 1.29 is 14.0 Å². The zero-order chi connectivity index (χ0) is 23.1. The Morgan fingerprint density at radius 2 is 1.44 bits per heavy atom. The van der Waals surface area contributed by atoms with Gasteiger partial charge in [0.15, 0.2) is 0 Å². The van der Waals surface area contributed by atoms with Crippen LogP contribution in [0.2, 0.25) is 5.04 Å². The molecule has 4 rings (SSSR count). The summed E-state index contributed by atoms with van der Waals surface area (Å²) in [6.45, 7) is 13.2. The summed E-state index contributed by atoms with van der Waals surface area (Å²) in [4.78, 5) is 15.0. The molecule has 5 heteroatoms. The summed E-state index contributed by atoms with van der Waals surface area (Å²) in [5, 5.41) is 2.46. The zero-order valence-electron chi connectivity index (χ0n) is 20.3. The molecule has 0 N–H and O–H groups in total. The van der Waals surface area contributed by atoms with Gasteiger partial charge in [-0.1, -0.05) is 81.4 Å². The molecular weight excluding hydrogens is 414 g/mol. The molecule has 2 aliphatic rings. The number of hydrogen-bond acceptors (Lipinski definition) is 3. The van der Waals surface area contributed by atoms with Crippen molar-refractivity contribution in [1.29, 1.82) is 0 Å². The summed E-state index contributed by atoms with van der Waals surface area (Å²) in [5.41, 5.74) is -0.493. The van der Waals surface area contributed by atoms with Gasteiger partial charge in [-0.3, -0.25) is 4.90 Å². The maximum absolute atomic E-state index is 13.0. The molecule has 2 aromatic rings. The number of benzene rings is 2. The Kier molecular flexibility index (Phi) is 6.01. The quantitative estimate of drug-likeness (QED) is 0.603. The van der Waals surface area contributed by atoms with E-state index in [2.05, 4.69) is 81.4 Å². The zero-order valence-corrected chi connectivity index (χ0v) is 21.3. The number of amides is 1. The molecule has 0 aromatic heterocycles. The first kappa shape index (κ1) is 23.1. The number of rotatable bonds is 5. The molecular formula is C27H37NO3Si. The first-order valence-corrected chi connectivity index (χ1v) is 13.7. The molecule has 1 heterocycles. The SMILES string of the molecule is CC(C)(C)OC(=O)N1[C@H](CO[Si](c2ccccc2)(c2ccccc2)C(C)(C)C)CC2C[C@H]21. The van der Waals surface area contributed by atoms with Crippen LogP contribution in [0.4, 0.5) is 4.79 Å². The third-order valence-electron chi connectivity index (χ3n) is 6.72. The average Bonchev–Trinajstić information content (AvgIpc) is 3.37. The maximum atomic E-state index is 13.0. The van der Waals surface area contributed by atoms with Crippen LogP contribution >= 0.6 is 0 Å². The number of hydrogen-bond donors (Lipinski definition) is 0. The molecule has 1 saturated heterocycles. The summed E-state index contributed by atoms with van der Waals surface area (Å²) >= 11 is 0. The van der Waals surface area contributed by atoms with E-state index in [1.807, 2.05) is 25.7 Å². The molecule has 2 aromatic carbocycles. The minimum atomic E-state index is -2.61. The summed E-state index contributed by atoms with van der Waals surface area (Å²) in [7, 11) is -2.61. The molecule has 3 atom stereocenters. The number of carbonyl (C=O) groups excluding carboxylic acids is 1. The van der Waals surface area contributed by atoms with Gasteiger partial charge in [-0.25, -0.2) is 4.79 Å². The molecule has 4 nitrogen and oxygen atoms in total. The predicted octanol–water partition coefficient (Wildman–Crippen LogP) is 4.96. The van der Waals surface area contributed by atoms with E-state index in [4.69, 9.17) is 9.16 Å². The van der Waals surface area contributed by atoms with E-state index in [0.29, 0.717) is 18.6 Å². The third-order valence-corrected chi connectivity index (χ3v) is 11.7. The molecule has 1 amide bonds. The van der Waals surface area contributed by atoms with Gasteiger partial charge < -0.3 is 9.16 Å². The van der Waals surface area contributed by atoms with Crippen molar-refractivity contribution in [2.24, 2.45) is 5.92 Å². The maximum Gasteiger partial charge on any atom is 0.410 e. The summed E-state index contributed by atoms with van der Waals surface area (Å²) in [6.07, 6.45) is 1.90. The molecule has 0 bridgehead atoms. The van der Waals surface area contributed by atoms with Gasteiger partial charge in [-0.15, -0.1) is 0 Å². The molecule has 1 aliphatic heterocycles. The van der Waals surface area contributed by atoms with E-state index >= 15 is 0 Å². The van der Waals surface area contributed by atoms with E-state index < -0.39 is 13.9 Å². The van der Waals surface area contributed by atoms with Gasteiger partial charge in [0.2, 0.25) is 0 Å². The molecule has 0 spiro atoms. The number of ether oxygens (including phenoxy) is 1. The molecule has 32 heavy (non-hydrogen) atoms. The molecule has 1 saturated carbocycles. The summed E-state index contributed by atoms with van der Waals surface area (Å²) in [5.74, 6) is 0.593. The van der Waals surface area contributed by atoms with Crippen molar-refractivity contribution in [3.63, 3.8) is 0 Å². The number of fused-ring (bicyclic) bond motifs is 1. The van der Waals surface area contributed by atoms with Crippen molar-refractivity contribution in [2.45, 2.75) is 77.1 Å². The number of carbonyl (C=O) groups is 1. The fraction of sp³-hybridized carbons (Fsp3) is 0.519. The largest absolute Gasteiger partial charge is 0.444 e. The van der Waals surface area contributed by atoms with Gasteiger partial charge in [0.1, 0.15) is 5.60 Å².